The van der Waals surface area contributed by atoms with Crippen molar-refractivity contribution >= 4 is 5.69 Å². The summed E-state index contributed by atoms with van der Waals surface area (Å²) in [5, 5.41) is 8.88. The van der Waals surface area contributed by atoms with Gasteiger partial charge in [-0.2, -0.15) is 0 Å². The van der Waals surface area contributed by atoms with Gasteiger partial charge in [-0.05, 0) is 29.5 Å². The van der Waals surface area contributed by atoms with E-state index in [1.54, 1.807) is 4.90 Å². The van der Waals surface area contributed by atoms with Gasteiger partial charge < -0.3 is 10.0 Å². The highest BCUT2D eigenvalue weighted by molar-refractivity contribution is 5.51. The van der Waals surface area contributed by atoms with Crippen LogP contribution >= 0.6 is 0 Å². The van der Waals surface area contributed by atoms with Crippen LogP contribution in [0.1, 0.15) is 25.8 Å². The van der Waals surface area contributed by atoms with Crippen molar-refractivity contribution in [3.05, 3.63) is 29.3 Å². The van der Waals surface area contributed by atoms with Crippen LogP contribution in [0, 0.1) is 17.0 Å². The molecule has 0 spiro atoms. The lowest BCUT2D eigenvalue weighted by Crippen LogP contribution is -2.24. The highest BCUT2D eigenvalue weighted by atomic mass is 19.1. The largest absolute Gasteiger partial charge is 0.392 e. The van der Waals surface area contributed by atoms with Crippen LogP contribution in [0.3, 0.4) is 0 Å². The second kappa shape index (κ2) is 4.26. The molecule has 0 bridgehead atoms. The first-order valence-corrected chi connectivity index (χ1v) is 5.77. The molecular weight excluding hydrogens is 224 g/mol. The molecule has 0 atom stereocenters. The maximum Gasteiger partial charge on any atom is 0.149 e. The quantitative estimate of drug-likeness (QED) is 0.860. The number of nitrogens with zero attached hydrogens (tertiary/aromatic N) is 1. The lowest BCUT2D eigenvalue weighted by Gasteiger charge is -2.22. The van der Waals surface area contributed by atoms with E-state index in [1.807, 2.05) is 0 Å². The van der Waals surface area contributed by atoms with E-state index in [2.05, 4.69) is 13.8 Å². The molecule has 0 radical (unpaired) electrons. The molecule has 0 amide bonds. The van der Waals surface area contributed by atoms with Gasteiger partial charge in [0.15, 0.2) is 0 Å². The highest BCUT2D eigenvalue weighted by Crippen LogP contribution is 2.35. The fourth-order valence-corrected chi connectivity index (χ4v) is 2.31. The van der Waals surface area contributed by atoms with Gasteiger partial charge in [0.1, 0.15) is 17.3 Å². The molecular formula is C13H17F2NO. The lowest BCUT2D eigenvalue weighted by atomic mass is 9.93. The SMILES string of the molecule is CC1(C)CCN(c2c(F)cc(CO)cc2F)C1. The van der Waals surface area contributed by atoms with E-state index in [-0.39, 0.29) is 23.3 Å². The summed E-state index contributed by atoms with van der Waals surface area (Å²) in [6.07, 6.45) is 0.924. The Balaban J connectivity index is 2.34. The summed E-state index contributed by atoms with van der Waals surface area (Å²) in [6, 6.07) is 2.40. The number of halogens is 2. The third kappa shape index (κ3) is 2.41. The molecule has 1 fully saturated rings. The molecule has 4 heteroatoms. The summed E-state index contributed by atoms with van der Waals surface area (Å²) in [7, 11) is 0. The van der Waals surface area contributed by atoms with Crippen LogP contribution in [0.5, 0.6) is 0 Å². The Kier molecular flexibility index (Phi) is 3.08. The van der Waals surface area contributed by atoms with Gasteiger partial charge in [-0.25, -0.2) is 8.78 Å². The van der Waals surface area contributed by atoms with Crippen LogP contribution < -0.4 is 4.90 Å². The predicted molar refractivity (Wildman–Crippen MR) is 62.9 cm³/mol. The Bertz CT molecular complexity index is 408. The van der Waals surface area contributed by atoms with Gasteiger partial charge in [-0.3, -0.25) is 0 Å². The molecule has 1 aromatic carbocycles. The van der Waals surface area contributed by atoms with E-state index < -0.39 is 11.6 Å². The van der Waals surface area contributed by atoms with Crippen LogP contribution in [0.4, 0.5) is 14.5 Å². The number of hydrogen-bond acceptors (Lipinski definition) is 2. The van der Waals surface area contributed by atoms with E-state index in [9.17, 15) is 8.78 Å². The molecule has 1 aromatic rings. The molecule has 0 saturated carbocycles. The van der Waals surface area contributed by atoms with Crippen molar-refractivity contribution in [1.82, 2.24) is 0 Å². The number of anilines is 1. The summed E-state index contributed by atoms with van der Waals surface area (Å²) in [6.45, 7) is 5.15. The monoisotopic (exact) mass is 241 g/mol. The molecule has 94 valence electrons. The van der Waals surface area contributed by atoms with Gasteiger partial charge in [0, 0.05) is 13.1 Å². The van der Waals surface area contributed by atoms with Crippen molar-refractivity contribution in [2.75, 3.05) is 18.0 Å². The minimum Gasteiger partial charge on any atom is -0.392 e. The number of aliphatic hydroxyl groups is 1. The van der Waals surface area contributed by atoms with Crippen molar-refractivity contribution in [2.24, 2.45) is 5.41 Å². The minimum atomic E-state index is -0.591. The highest BCUT2D eigenvalue weighted by Gasteiger charge is 2.32. The average Bonchev–Trinajstić information content (AvgIpc) is 2.57. The van der Waals surface area contributed by atoms with Crippen molar-refractivity contribution in [2.45, 2.75) is 26.9 Å². The Morgan fingerprint density at radius 2 is 1.88 bits per heavy atom. The Morgan fingerprint density at radius 1 is 1.29 bits per heavy atom. The summed E-state index contributed by atoms with van der Waals surface area (Å²) in [4.78, 5) is 1.74. The third-order valence-corrected chi connectivity index (χ3v) is 3.25. The zero-order chi connectivity index (χ0) is 12.6. The number of hydrogen-bond donors (Lipinski definition) is 1. The topological polar surface area (TPSA) is 23.5 Å². The molecule has 1 aliphatic heterocycles. The molecule has 1 heterocycles. The van der Waals surface area contributed by atoms with E-state index >= 15 is 0 Å². The first-order valence-electron chi connectivity index (χ1n) is 5.77. The fourth-order valence-electron chi connectivity index (χ4n) is 2.31. The third-order valence-electron chi connectivity index (χ3n) is 3.25. The maximum absolute atomic E-state index is 13.8. The number of aliphatic hydroxyl groups excluding tert-OH is 1. The molecule has 0 unspecified atom stereocenters. The average molecular weight is 241 g/mol. The van der Waals surface area contributed by atoms with Crippen molar-refractivity contribution in [1.29, 1.82) is 0 Å². The van der Waals surface area contributed by atoms with Gasteiger partial charge in [-0.1, -0.05) is 13.8 Å². The summed E-state index contributed by atoms with van der Waals surface area (Å²) in [5.74, 6) is -1.18. The molecule has 1 aliphatic rings. The Labute approximate surface area is 99.9 Å². The van der Waals surface area contributed by atoms with E-state index in [4.69, 9.17) is 5.11 Å². The zero-order valence-corrected chi connectivity index (χ0v) is 10.1. The second-order valence-corrected chi connectivity index (χ2v) is 5.40. The zero-order valence-electron chi connectivity index (χ0n) is 10.1. The van der Waals surface area contributed by atoms with E-state index in [0.29, 0.717) is 13.1 Å². The van der Waals surface area contributed by atoms with Crippen LogP contribution in [0.2, 0.25) is 0 Å². The van der Waals surface area contributed by atoms with Crippen LogP contribution in [0.15, 0.2) is 12.1 Å². The molecule has 2 nitrogen and oxygen atoms in total. The summed E-state index contributed by atoms with van der Waals surface area (Å²) >= 11 is 0. The van der Waals surface area contributed by atoms with Crippen LogP contribution in [0.25, 0.3) is 0 Å². The minimum absolute atomic E-state index is 0.0350. The first kappa shape index (κ1) is 12.3. The predicted octanol–water partition coefficient (Wildman–Crippen LogP) is 2.69. The van der Waals surface area contributed by atoms with E-state index in [0.717, 1.165) is 6.42 Å². The molecule has 2 rings (SSSR count). The van der Waals surface area contributed by atoms with Crippen LogP contribution in [-0.4, -0.2) is 18.2 Å². The second-order valence-electron chi connectivity index (χ2n) is 5.40. The van der Waals surface area contributed by atoms with Crippen molar-refractivity contribution in [3.8, 4) is 0 Å². The van der Waals surface area contributed by atoms with Gasteiger partial charge in [-0.15, -0.1) is 0 Å². The first-order chi connectivity index (χ1) is 7.93. The molecule has 0 aliphatic carbocycles. The maximum atomic E-state index is 13.8. The van der Waals surface area contributed by atoms with Gasteiger partial charge in [0.05, 0.1) is 6.61 Å². The fraction of sp³-hybridized carbons (Fsp3) is 0.538. The van der Waals surface area contributed by atoms with E-state index in [1.165, 1.54) is 12.1 Å². The summed E-state index contributed by atoms with van der Waals surface area (Å²) < 4.78 is 27.6. The standard InChI is InChI=1S/C13H17F2NO/c1-13(2)3-4-16(8-13)12-10(14)5-9(7-17)6-11(12)15/h5-6,17H,3-4,7-8H2,1-2H3. The molecule has 1 saturated heterocycles. The summed E-state index contributed by atoms with van der Waals surface area (Å²) in [5.41, 5.74) is 0.393. The lowest BCUT2D eigenvalue weighted by molar-refractivity contribution is 0.280. The van der Waals surface area contributed by atoms with Gasteiger partial charge >= 0.3 is 0 Å². The normalized spacial score (nSPS) is 18.8. The molecule has 1 N–H and O–H groups in total. The molecule has 0 aromatic heterocycles. The number of benzene rings is 1. The van der Waals surface area contributed by atoms with Gasteiger partial charge in [0.2, 0.25) is 0 Å². The van der Waals surface area contributed by atoms with Crippen LogP contribution in [-0.2, 0) is 6.61 Å². The molecule has 17 heavy (non-hydrogen) atoms. The smallest absolute Gasteiger partial charge is 0.149 e. The van der Waals surface area contributed by atoms with Gasteiger partial charge in [0.25, 0.3) is 0 Å². The number of rotatable bonds is 2. The Morgan fingerprint density at radius 3 is 2.29 bits per heavy atom. The van der Waals surface area contributed by atoms with Crippen molar-refractivity contribution in [3.63, 3.8) is 0 Å². The Hall–Kier alpha value is -1.16. The van der Waals surface area contributed by atoms with Crippen molar-refractivity contribution < 1.29 is 13.9 Å².